The average molecular weight is 492 g/mol. The highest BCUT2D eigenvalue weighted by molar-refractivity contribution is 5.43. The summed E-state index contributed by atoms with van der Waals surface area (Å²) in [5, 5.41) is 57.7. The van der Waals surface area contributed by atoms with Gasteiger partial charge in [0.15, 0.2) is 0 Å². The molecule has 1 saturated heterocycles. The maximum absolute atomic E-state index is 12.6. The van der Waals surface area contributed by atoms with Crippen molar-refractivity contribution in [3.8, 4) is 0 Å². The molecule has 1 heterocycles. The number of fused-ring (bicyclic) bond motifs is 3. The molecule has 7 heteroatoms. The third-order valence-corrected chi connectivity index (χ3v) is 10.7. The molecule has 0 aromatic carbocycles. The molecule has 0 radical (unpaired) electrons. The molecular weight excluding hydrogens is 446 g/mol. The SMILES string of the molecule is CC1=C[C@]23C(O)[C@@H](C=C(CO)[C@@H](O)[C@]2(O)[C@H]1OC(O)N1CCCC(C)(C)C1)[C@H]1[C@@H](C[C@H]3C)C1(C)C. The standard InChI is InChI=1S/C28H45NO6/c1-15-12-27-16(2)10-19-20(26(19,5)6)18(22(27)32)11-17(13-30)21(31)28(27,34)23(15)35-24(33)29-9-7-8-25(3,4)14-29/h11-12,16,18-24,30-34H,7-10,13-14H2,1-6H3/t16-,18+,19-,20+,21-,22?,23+,24?,27+,28+/m1/s1. The number of piperidine rings is 1. The summed E-state index contributed by atoms with van der Waals surface area (Å²) in [7, 11) is 0. The van der Waals surface area contributed by atoms with Gasteiger partial charge in [-0.05, 0) is 65.9 Å². The van der Waals surface area contributed by atoms with Gasteiger partial charge in [0.2, 0.25) is 6.41 Å². The number of nitrogens with zero attached hydrogens (tertiary/aromatic N) is 1. The van der Waals surface area contributed by atoms with Crippen LogP contribution in [-0.4, -0.2) is 80.5 Å². The Labute approximate surface area is 209 Å². The van der Waals surface area contributed by atoms with E-state index in [1.165, 1.54) is 0 Å². The van der Waals surface area contributed by atoms with E-state index in [4.69, 9.17) is 4.74 Å². The molecule has 35 heavy (non-hydrogen) atoms. The topological polar surface area (TPSA) is 114 Å². The molecular formula is C28H45NO6. The highest BCUT2D eigenvalue weighted by Gasteiger charge is 2.75. The zero-order chi connectivity index (χ0) is 25.7. The van der Waals surface area contributed by atoms with Crippen molar-refractivity contribution >= 4 is 0 Å². The largest absolute Gasteiger partial charge is 0.392 e. The van der Waals surface area contributed by atoms with Gasteiger partial charge in [0.05, 0.1) is 18.1 Å². The molecule has 0 aromatic heterocycles. The summed E-state index contributed by atoms with van der Waals surface area (Å²) in [5.41, 5.74) is -1.98. The minimum Gasteiger partial charge on any atom is -0.392 e. The molecule has 5 rings (SSSR count). The second kappa shape index (κ2) is 8.10. The summed E-state index contributed by atoms with van der Waals surface area (Å²) in [6, 6.07) is 0. The Morgan fingerprint density at radius 3 is 2.51 bits per heavy atom. The molecule has 5 N–H and O–H groups in total. The van der Waals surface area contributed by atoms with Crippen molar-refractivity contribution < 1.29 is 30.3 Å². The van der Waals surface area contributed by atoms with Gasteiger partial charge in [0.25, 0.3) is 0 Å². The smallest absolute Gasteiger partial charge is 0.216 e. The lowest BCUT2D eigenvalue weighted by Crippen LogP contribution is -2.67. The average Bonchev–Trinajstić information content (AvgIpc) is 3.27. The summed E-state index contributed by atoms with van der Waals surface area (Å²) >= 11 is 0. The van der Waals surface area contributed by atoms with Crippen molar-refractivity contribution in [3.05, 3.63) is 23.3 Å². The van der Waals surface area contributed by atoms with Gasteiger partial charge in [-0.2, -0.15) is 0 Å². The monoisotopic (exact) mass is 491 g/mol. The third-order valence-electron chi connectivity index (χ3n) is 10.7. The molecule has 2 unspecified atom stereocenters. The summed E-state index contributed by atoms with van der Waals surface area (Å²) in [5.74, 6) is 0.172. The van der Waals surface area contributed by atoms with E-state index in [-0.39, 0.29) is 28.6 Å². The Morgan fingerprint density at radius 2 is 1.89 bits per heavy atom. The van der Waals surface area contributed by atoms with E-state index in [0.29, 0.717) is 30.2 Å². The number of hydrogen-bond donors (Lipinski definition) is 5. The van der Waals surface area contributed by atoms with E-state index < -0.39 is 42.3 Å². The molecule has 7 nitrogen and oxygen atoms in total. The molecule has 4 aliphatic carbocycles. The van der Waals surface area contributed by atoms with Gasteiger partial charge in [0, 0.05) is 19.0 Å². The van der Waals surface area contributed by atoms with Crippen LogP contribution in [0.2, 0.25) is 0 Å². The van der Waals surface area contributed by atoms with Crippen molar-refractivity contribution in [2.24, 2.45) is 39.9 Å². The molecule has 5 aliphatic rings. The lowest BCUT2D eigenvalue weighted by atomic mass is 9.58. The molecule has 1 spiro atoms. The van der Waals surface area contributed by atoms with E-state index in [1.807, 2.05) is 24.0 Å². The Morgan fingerprint density at radius 1 is 1.20 bits per heavy atom. The van der Waals surface area contributed by atoms with Crippen molar-refractivity contribution in [2.75, 3.05) is 19.7 Å². The molecule has 0 amide bonds. The Bertz CT molecular complexity index is 928. The fourth-order valence-corrected chi connectivity index (χ4v) is 8.80. The van der Waals surface area contributed by atoms with E-state index >= 15 is 0 Å². The van der Waals surface area contributed by atoms with Gasteiger partial charge >= 0.3 is 0 Å². The molecule has 2 saturated carbocycles. The van der Waals surface area contributed by atoms with E-state index in [9.17, 15) is 25.5 Å². The lowest BCUT2D eigenvalue weighted by molar-refractivity contribution is -0.285. The summed E-state index contributed by atoms with van der Waals surface area (Å²) < 4.78 is 6.23. The first-order chi connectivity index (χ1) is 16.2. The maximum Gasteiger partial charge on any atom is 0.216 e. The summed E-state index contributed by atoms with van der Waals surface area (Å²) in [6.07, 6.45) is 1.91. The van der Waals surface area contributed by atoms with Gasteiger partial charge < -0.3 is 30.3 Å². The van der Waals surface area contributed by atoms with Crippen LogP contribution in [0.4, 0.5) is 0 Å². The highest BCUT2D eigenvalue weighted by atomic mass is 16.6. The first kappa shape index (κ1) is 25.8. The Balaban J connectivity index is 1.56. The highest BCUT2D eigenvalue weighted by Crippen LogP contribution is 2.72. The molecule has 10 atom stereocenters. The van der Waals surface area contributed by atoms with Crippen LogP contribution in [0.25, 0.3) is 0 Å². The van der Waals surface area contributed by atoms with Crippen LogP contribution < -0.4 is 0 Å². The second-order valence-corrected chi connectivity index (χ2v) is 13.6. The molecule has 1 aliphatic heterocycles. The predicted octanol–water partition coefficient (Wildman–Crippen LogP) is 2.03. The van der Waals surface area contributed by atoms with Crippen LogP contribution in [0.5, 0.6) is 0 Å². The first-order valence-corrected chi connectivity index (χ1v) is 13.4. The minimum atomic E-state index is -1.92. The van der Waals surface area contributed by atoms with Gasteiger partial charge in [-0.1, -0.05) is 46.8 Å². The quantitative estimate of drug-likeness (QED) is 0.302. The summed E-state index contributed by atoms with van der Waals surface area (Å²) in [4.78, 5) is 1.88. The fraction of sp³-hybridized carbons (Fsp3) is 0.857. The zero-order valence-electron chi connectivity index (χ0n) is 22.1. The zero-order valence-corrected chi connectivity index (χ0v) is 22.1. The predicted molar refractivity (Wildman–Crippen MR) is 132 cm³/mol. The number of ether oxygens (including phenoxy) is 1. The van der Waals surface area contributed by atoms with Crippen LogP contribution in [0, 0.1) is 39.9 Å². The molecule has 3 fully saturated rings. The van der Waals surface area contributed by atoms with Gasteiger partial charge in [-0.15, -0.1) is 0 Å². The lowest BCUT2D eigenvalue weighted by Gasteiger charge is -2.53. The van der Waals surface area contributed by atoms with Gasteiger partial charge in [-0.25, -0.2) is 0 Å². The van der Waals surface area contributed by atoms with Crippen molar-refractivity contribution in [1.82, 2.24) is 4.90 Å². The minimum absolute atomic E-state index is 0.0446. The number of aliphatic hydroxyl groups is 5. The van der Waals surface area contributed by atoms with E-state index in [2.05, 4.69) is 34.6 Å². The van der Waals surface area contributed by atoms with Gasteiger partial charge in [0.1, 0.15) is 17.8 Å². The van der Waals surface area contributed by atoms with Crippen LogP contribution in [0.3, 0.4) is 0 Å². The maximum atomic E-state index is 12.6. The first-order valence-electron chi connectivity index (χ1n) is 13.4. The Hall–Kier alpha value is -0.800. The van der Waals surface area contributed by atoms with Crippen LogP contribution in [0.1, 0.15) is 60.8 Å². The van der Waals surface area contributed by atoms with Crippen molar-refractivity contribution in [2.45, 2.75) is 91.1 Å². The van der Waals surface area contributed by atoms with Crippen LogP contribution >= 0.6 is 0 Å². The van der Waals surface area contributed by atoms with Crippen LogP contribution in [-0.2, 0) is 4.74 Å². The Kier molecular flexibility index (Phi) is 5.98. The number of hydrogen-bond acceptors (Lipinski definition) is 7. The third kappa shape index (κ3) is 3.42. The van der Waals surface area contributed by atoms with Crippen molar-refractivity contribution in [1.29, 1.82) is 0 Å². The van der Waals surface area contributed by atoms with E-state index in [1.54, 1.807) is 0 Å². The summed E-state index contributed by atoms with van der Waals surface area (Å²) in [6.45, 7) is 13.6. The van der Waals surface area contributed by atoms with Gasteiger partial charge in [-0.3, -0.25) is 4.90 Å². The number of likely N-dealkylation sites (tertiary alicyclic amines) is 1. The fourth-order valence-electron chi connectivity index (χ4n) is 8.80. The van der Waals surface area contributed by atoms with Crippen LogP contribution in [0.15, 0.2) is 23.3 Å². The van der Waals surface area contributed by atoms with Crippen molar-refractivity contribution in [3.63, 3.8) is 0 Å². The number of aliphatic hydroxyl groups excluding tert-OH is 4. The normalized spacial score (nSPS) is 49.2. The van der Waals surface area contributed by atoms with E-state index in [0.717, 1.165) is 19.3 Å². The molecule has 2 bridgehead atoms. The molecule has 0 aromatic rings. The number of rotatable bonds is 4. The molecule has 198 valence electrons. The second-order valence-electron chi connectivity index (χ2n) is 13.6.